The lowest BCUT2D eigenvalue weighted by Gasteiger charge is -2.24. The molecule has 0 bridgehead atoms. The van der Waals surface area contributed by atoms with Crippen molar-refractivity contribution in [2.45, 2.75) is 26.7 Å². The maximum Gasteiger partial charge on any atom is 0.274 e. The van der Waals surface area contributed by atoms with Crippen LogP contribution in [0, 0.1) is 13.8 Å². The first-order valence-electron chi connectivity index (χ1n) is 9.26. The Kier molecular flexibility index (Phi) is 7.75. The Labute approximate surface area is 177 Å². The van der Waals surface area contributed by atoms with E-state index in [4.69, 9.17) is 5.14 Å². The predicted octanol–water partition coefficient (Wildman–Crippen LogP) is 0.890. The molecule has 0 spiro atoms. The number of amides is 1. The van der Waals surface area contributed by atoms with Crippen LogP contribution in [0.3, 0.4) is 0 Å². The quantitative estimate of drug-likeness (QED) is 0.709. The van der Waals surface area contributed by atoms with Crippen LogP contribution >= 0.6 is 12.4 Å². The molecule has 0 unspecified atom stereocenters. The molecule has 160 valence electrons. The number of rotatable bonds is 5. The second kappa shape index (κ2) is 9.66. The molecule has 1 aromatic carbocycles. The third-order valence-corrected chi connectivity index (χ3v) is 5.63. The van der Waals surface area contributed by atoms with Crippen molar-refractivity contribution >= 4 is 45.2 Å². The monoisotopic (exact) mass is 442 g/mol. The van der Waals surface area contributed by atoms with E-state index in [1.165, 1.54) is 11.1 Å². The maximum atomic E-state index is 12.4. The predicted molar refractivity (Wildman–Crippen MR) is 115 cm³/mol. The van der Waals surface area contributed by atoms with Crippen molar-refractivity contribution in [2.24, 2.45) is 5.14 Å². The van der Waals surface area contributed by atoms with Crippen molar-refractivity contribution in [2.75, 3.05) is 37.6 Å². The van der Waals surface area contributed by atoms with Gasteiger partial charge in [-0.2, -0.15) is 8.42 Å². The van der Waals surface area contributed by atoms with Gasteiger partial charge in [0.2, 0.25) is 5.91 Å². The van der Waals surface area contributed by atoms with E-state index in [-0.39, 0.29) is 31.3 Å². The number of carbonyl (C=O) groups is 1. The van der Waals surface area contributed by atoms with Gasteiger partial charge in [-0.05, 0) is 43.5 Å². The van der Waals surface area contributed by atoms with E-state index in [9.17, 15) is 13.2 Å². The van der Waals surface area contributed by atoms with Crippen molar-refractivity contribution in [3.63, 3.8) is 0 Å². The van der Waals surface area contributed by atoms with Crippen LogP contribution in [0.5, 0.6) is 0 Å². The molecule has 2 aromatic rings. The normalized spacial score (nSPS) is 15.1. The third-order valence-electron chi connectivity index (χ3n) is 5.02. The van der Waals surface area contributed by atoms with Crippen LogP contribution < -0.4 is 14.8 Å². The summed E-state index contributed by atoms with van der Waals surface area (Å²) in [7, 11) is -3.77. The highest BCUT2D eigenvalue weighted by Gasteiger charge is 2.21. The number of nitrogens with zero attached hydrogens (tertiary/aromatic N) is 4. The SMILES string of the molecule is Cc1cc2ncnc(N3CCCN(C(=O)CCNS(N)(=O)=O)CC3)c2cc1C.Cl. The number of aryl methyl sites for hydroxylation is 2. The summed E-state index contributed by atoms with van der Waals surface area (Å²) in [6.07, 6.45) is 2.48. The lowest BCUT2D eigenvalue weighted by molar-refractivity contribution is -0.130. The minimum absolute atomic E-state index is 0. The molecule has 1 aliphatic heterocycles. The lowest BCUT2D eigenvalue weighted by atomic mass is 10.1. The molecule has 1 aliphatic rings. The molecule has 0 radical (unpaired) electrons. The molecular weight excluding hydrogens is 416 g/mol. The summed E-state index contributed by atoms with van der Waals surface area (Å²) in [5.74, 6) is 0.801. The summed E-state index contributed by atoms with van der Waals surface area (Å²) < 4.78 is 24.0. The van der Waals surface area contributed by atoms with Crippen molar-refractivity contribution in [3.05, 3.63) is 29.6 Å². The van der Waals surface area contributed by atoms with E-state index in [1.54, 1.807) is 11.2 Å². The number of halogens is 1. The lowest BCUT2D eigenvalue weighted by Crippen LogP contribution is -2.38. The third kappa shape index (κ3) is 5.99. The molecule has 3 N–H and O–H groups in total. The second-order valence-corrected chi connectivity index (χ2v) is 8.44. The van der Waals surface area contributed by atoms with Gasteiger partial charge < -0.3 is 9.80 Å². The zero-order chi connectivity index (χ0) is 20.3. The molecule has 0 aliphatic carbocycles. The fourth-order valence-corrected chi connectivity index (χ4v) is 3.78. The van der Waals surface area contributed by atoms with Crippen LogP contribution in [0.1, 0.15) is 24.0 Å². The Morgan fingerprint density at radius 3 is 2.59 bits per heavy atom. The molecule has 29 heavy (non-hydrogen) atoms. The number of hydrogen-bond acceptors (Lipinski definition) is 6. The highest BCUT2D eigenvalue weighted by Crippen LogP contribution is 2.26. The standard InChI is InChI=1S/C18H26N6O3S.ClH/c1-13-10-15-16(11-14(13)2)20-12-21-18(15)24-7-3-6-23(8-9-24)17(25)4-5-22-28(19,26)27;/h10-12,22H,3-9H2,1-2H3,(H2,19,26,27);1H. The zero-order valence-corrected chi connectivity index (χ0v) is 18.2. The highest BCUT2D eigenvalue weighted by molar-refractivity contribution is 7.87. The fraction of sp³-hybridized carbons (Fsp3) is 0.500. The van der Waals surface area contributed by atoms with E-state index in [0.717, 1.165) is 29.7 Å². The molecule has 1 fully saturated rings. The number of anilines is 1. The van der Waals surface area contributed by atoms with Crippen LogP contribution in [0.15, 0.2) is 18.5 Å². The van der Waals surface area contributed by atoms with Gasteiger partial charge in [-0.15, -0.1) is 12.4 Å². The number of hydrogen-bond donors (Lipinski definition) is 2. The van der Waals surface area contributed by atoms with Crippen molar-refractivity contribution < 1.29 is 13.2 Å². The van der Waals surface area contributed by atoms with Gasteiger partial charge in [0.05, 0.1) is 5.52 Å². The van der Waals surface area contributed by atoms with Crippen molar-refractivity contribution in [1.29, 1.82) is 0 Å². The number of carbonyl (C=O) groups excluding carboxylic acids is 1. The number of fused-ring (bicyclic) bond motifs is 1. The number of aromatic nitrogens is 2. The number of nitrogens with two attached hydrogens (primary N) is 1. The fourth-order valence-electron chi connectivity index (χ4n) is 3.39. The van der Waals surface area contributed by atoms with Gasteiger partial charge in [0.15, 0.2) is 0 Å². The van der Waals surface area contributed by atoms with E-state index in [0.29, 0.717) is 19.6 Å². The molecular formula is C18H27ClN6O3S. The molecule has 0 atom stereocenters. The van der Waals surface area contributed by atoms with Crippen LogP contribution in [0.2, 0.25) is 0 Å². The Morgan fingerprint density at radius 1 is 1.14 bits per heavy atom. The molecule has 1 saturated heterocycles. The molecule has 1 aromatic heterocycles. The van der Waals surface area contributed by atoms with Crippen LogP contribution in [-0.4, -0.2) is 61.9 Å². The topological polar surface area (TPSA) is 122 Å². The van der Waals surface area contributed by atoms with Gasteiger partial charge in [0, 0.05) is 44.5 Å². The van der Waals surface area contributed by atoms with E-state index in [1.807, 2.05) is 0 Å². The summed E-state index contributed by atoms with van der Waals surface area (Å²) >= 11 is 0. The minimum atomic E-state index is -3.77. The largest absolute Gasteiger partial charge is 0.354 e. The van der Waals surface area contributed by atoms with Crippen molar-refractivity contribution in [1.82, 2.24) is 19.6 Å². The van der Waals surface area contributed by atoms with Gasteiger partial charge in [0.1, 0.15) is 12.1 Å². The molecule has 0 saturated carbocycles. The first-order chi connectivity index (χ1) is 13.2. The summed E-state index contributed by atoms with van der Waals surface area (Å²) in [4.78, 5) is 25.2. The summed E-state index contributed by atoms with van der Waals surface area (Å²) in [6, 6.07) is 4.19. The summed E-state index contributed by atoms with van der Waals surface area (Å²) in [5, 5.41) is 5.91. The van der Waals surface area contributed by atoms with Crippen LogP contribution in [-0.2, 0) is 15.0 Å². The molecule has 9 nitrogen and oxygen atoms in total. The Balaban J connectivity index is 0.00000300. The molecule has 1 amide bonds. The Morgan fingerprint density at radius 2 is 1.86 bits per heavy atom. The Hall–Kier alpha value is -2.01. The summed E-state index contributed by atoms with van der Waals surface area (Å²) in [5.41, 5.74) is 3.30. The van der Waals surface area contributed by atoms with E-state index < -0.39 is 10.2 Å². The van der Waals surface area contributed by atoms with Crippen LogP contribution in [0.4, 0.5) is 5.82 Å². The van der Waals surface area contributed by atoms with Crippen LogP contribution in [0.25, 0.3) is 10.9 Å². The second-order valence-electron chi connectivity index (χ2n) is 7.06. The van der Waals surface area contributed by atoms with Gasteiger partial charge in [-0.1, -0.05) is 0 Å². The van der Waals surface area contributed by atoms with Gasteiger partial charge >= 0.3 is 0 Å². The minimum Gasteiger partial charge on any atom is -0.354 e. The smallest absolute Gasteiger partial charge is 0.274 e. The molecule has 2 heterocycles. The first kappa shape index (κ1) is 23.3. The average Bonchev–Trinajstić information content (AvgIpc) is 2.87. The van der Waals surface area contributed by atoms with Crippen molar-refractivity contribution in [3.8, 4) is 0 Å². The van der Waals surface area contributed by atoms with Gasteiger partial charge in [-0.3, -0.25) is 4.79 Å². The molecule has 3 rings (SSSR count). The van der Waals surface area contributed by atoms with Gasteiger partial charge in [0.25, 0.3) is 10.2 Å². The van der Waals surface area contributed by atoms with E-state index >= 15 is 0 Å². The average molecular weight is 443 g/mol. The Bertz CT molecular complexity index is 985. The number of nitrogens with one attached hydrogen (secondary N) is 1. The highest BCUT2D eigenvalue weighted by atomic mass is 35.5. The zero-order valence-electron chi connectivity index (χ0n) is 16.6. The first-order valence-corrected chi connectivity index (χ1v) is 10.8. The number of benzene rings is 1. The summed E-state index contributed by atoms with van der Waals surface area (Å²) in [6.45, 7) is 6.79. The molecule has 11 heteroatoms. The maximum absolute atomic E-state index is 12.4. The van der Waals surface area contributed by atoms with E-state index in [2.05, 4.69) is 45.6 Å². The van der Waals surface area contributed by atoms with Gasteiger partial charge in [-0.25, -0.2) is 19.8 Å².